The topological polar surface area (TPSA) is 12.0 Å². The maximum absolute atomic E-state index is 3.86. The van der Waals surface area contributed by atoms with Gasteiger partial charge >= 0.3 is 0 Å². The Labute approximate surface area is 106 Å². The number of hydrogen-bond donors (Lipinski definition) is 1. The SMILES string of the molecule is C/C=C(\C)C(NC1C(C)(C)CC1(C)C)=C1CC1. The molecule has 0 aromatic heterocycles. The third kappa shape index (κ3) is 2.29. The summed E-state index contributed by atoms with van der Waals surface area (Å²) in [6, 6.07) is 0.605. The predicted molar refractivity (Wildman–Crippen MR) is 74.8 cm³/mol. The Bertz CT molecular complexity index is 362. The fraction of sp³-hybridized carbons (Fsp3) is 0.750. The van der Waals surface area contributed by atoms with Crippen LogP contribution < -0.4 is 5.32 Å². The fourth-order valence-corrected chi connectivity index (χ4v) is 3.79. The molecule has 0 amide bonds. The molecule has 1 N–H and O–H groups in total. The summed E-state index contributed by atoms with van der Waals surface area (Å²) >= 11 is 0. The first kappa shape index (κ1) is 12.7. The Hall–Kier alpha value is -0.720. The Balaban J connectivity index is 2.18. The molecular formula is C16H27N. The quantitative estimate of drug-likeness (QED) is 0.761. The molecule has 2 fully saturated rings. The van der Waals surface area contributed by atoms with E-state index in [2.05, 4.69) is 52.9 Å². The van der Waals surface area contributed by atoms with Gasteiger partial charge in [-0.3, -0.25) is 0 Å². The molecule has 0 radical (unpaired) electrons. The molecule has 0 aromatic rings. The maximum atomic E-state index is 3.86. The van der Waals surface area contributed by atoms with Gasteiger partial charge in [0.2, 0.25) is 0 Å². The van der Waals surface area contributed by atoms with Gasteiger partial charge in [0.1, 0.15) is 0 Å². The molecule has 2 rings (SSSR count). The van der Waals surface area contributed by atoms with Crippen LogP contribution in [0.3, 0.4) is 0 Å². The van der Waals surface area contributed by atoms with Gasteiger partial charge in [-0.25, -0.2) is 0 Å². The van der Waals surface area contributed by atoms with Crippen molar-refractivity contribution >= 4 is 0 Å². The lowest BCUT2D eigenvalue weighted by Gasteiger charge is -2.58. The van der Waals surface area contributed by atoms with Crippen LogP contribution in [-0.4, -0.2) is 6.04 Å². The van der Waals surface area contributed by atoms with Gasteiger partial charge in [0, 0.05) is 11.7 Å². The summed E-state index contributed by atoms with van der Waals surface area (Å²) in [4.78, 5) is 0. The highest BCUT2D eigenvalue weighted by molar-refractivity contribution is 5.39. The zero-order valence-electron chi connectivity index (χ0n) is 12.3. The molecule has 0 unspecified atom stereocenters. The third-order valence-electron chi connectivity index (χ3n) is 4.44. The molecule has 0 bridgehead atoms. The van der Waals surface area contributed by atoms with Crippen LogP contribution in [0.15, 0.2) is 22.9 Å². The summed E-state index contributed by atoms with van der Waals surface area (Å²) in [6.45, 7) is 13.9. The number of hydrogen-bond acceptors (Lipinski definition) is 1. The summed E-state index contributed by atoms with van der Waals surface area (Å²) < 4.78 is 0. The van der Waals surface area contributed by atoms with Crippen molar-refractivity contribution in [2.45, 2.75) is 66.8 Å². The predicted octanol–water partition coefficient (Wildman–Crippen LogP) is 4.41. The smallest absolute Gasteiger partial charge is 0.0363 e. The van der Waals surface area contributed by atoms with Gasteiger partial charge in [0.15, 0.2) is 0 Å². The van der Waals surface area contributed by atoms with Crippen LogP contribution in [0.25, 0.3) is 0 Å². The van der Waals surface area contributed by atoms with E-state index in [1.54, 1.807) is 5.57 Å². The average Bonchev–Trinajstić information content (AvgIpc) is 2.99. The van der Waals surface area contributed by atoms with Crippen LogP contribution in [0.2, 0.25) is 0 Å². The molecule has 1 heteroatoms. The summed E-state index contributed by atoms with van der Waals surface area (Å²) in [5, 5.41) is 3.86. The molecule has 0 atom stereocenters. The molecule has 2 aliphatic carbocycles. The van der Waals surface area contributed by atoms with E-state index in [-0.39, 0.29) is 0 Å². The van der Waals surface area contributed by atoms with E-state index in [0.29, 0.717) is 16.9 Å². The van der Waals surface area contributed by atoms with E-state index >= 15 is 0 Å². The Morgan fingerprint density at radius 2 is 1.71 bits per heavy atom. The van der Waals surface area contributed by atoms with Crippen LogP contribution in [-0.2, 0) is 0 Å². The van der Waals surface area contributed by atoms with E-state index in [0.717, 1.165) is 0 Å². The van der Waals surface area contributed by atoms with Crippen molar-refractivity contribution in [3.8, 4) is 0 Å². The summed E-state index contributed by atoms with van der Waals surface area (Å²) in [6.07, 6.45) is 6.13. The lowest BCUT2D eigenvalue weighted by atomic mass is 9.52. The van der Waals surface area contributed by atoms with Gasteiger partial charge in [0.25, 0.3) is 0 Å². The Morgan fingerprint density at radius 1 is 1.18 bits per heavy atom. The molecule has 1 nitrogen and oxygen atoms in total. The molecule has 0 aromatic carbocycles. The molecule has 96 valence electrons. The minimum absolute atomic E-state index is 0.429. The van der Waals surface area contributed by atoms with E-state index < -0.39 is 0 Å². The first-order chi connectivity index (χ1) is 7.78. The van der Waals surface area contributed by atoms with Crippen LogP contribution in [0.1, 0.15) is 60.8 Å². The largest absolute Gasteiger partial charge is 0.381 e. The van der Waals surface area contributed by atoms with Gasteiger partial charge in [-0.2, -0.15) is 0 Å². The fourth-order valence-electron chi connectivity index (χ4n) is 3.79. The molecule has 2 saturated carbocycles. The normalized spacial score (nSPS) is 26.5. The number of rotatable bonds is 3. The second-order valence-corrected chi connectivity index (χ2v) is 7.18. The molecule has 0 aliphatic heterocycles. The molecule has 0 spiro atoms. The highest BCUT2D eigenvalue weighted by atomic mass is 15.0. The van der Waals surface area contributed by atoms with Crippen molar-refractivity contribution in [3.05, 3.63) is 22.9 Å². The van der Waals surface area contributed by atoms with Crippen LogP contribution in [0, 0.1) is 10.8 Å². The molecule has 0 saturated heterocycles. The van der Waals surface area contributed by atoms with Gasteiger partial charge in [-0.1, -0.05) is 33.8 Å². The van der Waals surface area contributed by atoms with Crippen molar-refractivity contribution in [3.63, 3.8) is 0 Å². The second-order valence-electron chi connectivity index (χ2n) is 7.18. The summed E-state index contributed by atoms with van der Waals surface area (Å²) in [7, 11) is 0. The highest BCUT2D eigenvalue weighted by Crippen LogP contribution is 2.54. The van der Waals surface area contributed by atoms with Crippen molar-refractivity contribution in [1.82, 2.24) is 5.32 Å². The first-order valence-electron chi connectivity index (χ1n) is 6.90. The zero-order chi connectivity index (χ0) is 12.8. The van der Waals surface area contributed by atoms with Crippen molar-refractivity contribution in [2.24, 2.45) is 10.8 Å². The van der Waals surface area contributed by atoms with E-state index in [1.165, 1.54) is 30.5 Å². The minimum atomic E-state index is 0.429. The molecule has 17 heavy (non-hydrogen) atoms. The number of allylic oxidation sites excluding steroid dienone is 3. The first-order valence-corrected chi connectivity index (χ1v) is 6.90. The van der Waals surface area contributed by atoms with Crippen molar-refractivity contribution in [1.29, 1.82) is 0 Å². The van der Waals surface area contributed by atoms with Crippen LogP contribution in [0.5, 0.6) is 0 Å². The summed E-state index contributed by atoms with van der Waals surface area (Å²) in [5.74, 6) is 0. The molecule has 2 aliphatic rings. The minimum Gasteiger partial charge on any atom is -0.381 e. The van der Waals surface area contributed by atoms with E-state index in [1.807, 2.05) is 0 Å². The van der Waals surface area contributed by atoms with Crippen molar-refractivity contribution < 1.29 is 0 Å². The standard InChI is InChI=1S/C16H27N/c1-7-11(2)13(12-8-9-12)17-14-15(3,4)10-16(14,5)6/h7,14,17H,8-10H2,1-6H3/b11-7+. The maximum Gasteiger partial charge on any atom is 0.0363 e. The zero-order valence-corrected chi connectivity index (χ0v) is 12.3. The lowest BCUT2D eigenvalue weighted by molar-refractivity contribution is -0.0348. The lowest BCUT2D eigenvalue weighted by Crippen LogP contribution is -2.62. The van der Waals surface area contributed by atoms with Gasteiger partial charge < -0.3 is 5.32 Å². The summed E-state index contributed by atoms with van der Waals surface area (Å²) in [5.41, 5.74) is 5.34. The van der Waals surface area contributed by atoms with E-state index in [9.17, 15) is 0 Å². The molecular weight excluding hydrogens is 206 g/mol. The number of nitrogens with one attached hydrogen (secondary N) is 1. The van der Waals surface area contributed by atoms with Crippen LogP contribution in [0.4, 0.5) is 0 Å². The Morgan fingerprint density at radius 3 is 2.06 bits per heavy atom. The van der Waals surface area contributed by atoms with Gasteiger partial charge in [-0.15, -0.1) is 0 Å². The third-order valence-corrected chi connectivity index (χ3v) is 4.44. The van der Waals surface area contributed by atoms with Crippen LogP contribution >= 0.6 is 0 Å². The second kappa shape index (κ2) is 3.90. The monoisotopic (exact) mass is 233 g/mol. The Kier molecular flexibility index (Phi) is 2.92. The average molecular weight is 233 g/mol. The van der Waals surface area contributed by atoms with Crippen molar-refractivity contribution in [2.75, 3.05) is 0 Å². The van der Waals surface area contributed by atoms with Gasteiger partial charge in [-0.05, 0) is 55.1 Å². The van der Waals surface area contributed by atoms with Gasteiger partial charge in [0.05, 0.1) is 0 Å². The van der Waals surface area contributed by atoms with E-state index in [4.69, 9.17) is 0 Å². The highest BCUT2D eigenvalue weighted by Gasteiger charge is 2.53. The molecule has 0 heterocycles.